The summed E-state index contributed by atoms with van der Waals surface area (Å²) >= 11 is 0. The summed E-state index contributed by atoms with van der Waals surface area (Å²) in [7, 11) is 1.37. The molecule has 0 saturated heterocycles. The van der Waals surface area contributed by atoms with Gasteiger partial charge in [0.1, 0.15) is 0 Å². The maximum absolute atomic E-state index is 10.8. The molecule has 0 aliphatic rings. The van der Waals surface area contributed by atoms with E-state index in [4.69, 9.17) is 0 Å². The summed E-state index contributed by atoms with van der Waals surface area (Å²) in [4.78, 5) is 10.8. The lowest BCUT2D eigenvalue weighted by molar-refractivity contribution is 0.0600. The van der Waals surface area contributed by atoms with Crippen LogP contribution in [0.5, 0.6) is 0 Å². The third-order valence-corrected chi connectivity index (χ3v) is 1.19. The zero-order valence-electron chi connectivity index (χ0n) is 11.7. The molecule has 102 valence electrons. The first-order valence-corrected chi connectivity index (χ1v) is 5.98. The number of methoxy groups -OCH3 is 1. The van der Waals surface area contributed by atoms with Gasteiger partial charge in [-0.1, -0.05) is 67.2 Å². The summed E-state index contributed by atoms with van der Waals surface area (Å²) in [5.41, 5.74) is 0.588. The van der Waals surface area contributed by atoms with Crippen LogP contribution in [0.3, 0.4) is 0 Å². The number of benzene rings is 1. The zero-order valence-corrected chi connectivity index (χ0v) is 11.7. The molecule has 0 atom stereocenters. The first kappa shape index (κ1) is 24.8. The number of carbonyl (C=O) groups excluding carboxylic acids is 1. The molecule has 0 fully saturated rings. The van der Waals surface area contributed by atoms with Gasteiger partial charge in [-0.05, 0) is 12.1 Å². The largest absolute Gasteiger partial charge is 0.465 e. The Balaban J connectivity index is -0.000000106. The number of rotatable bonds is 1. The van der Waals surface area contributed by atoms with Crippen molar-refractivity contribution in [2.45, 2.75) is 49.0 Å². The van der Waals surface area contributed by atoms with E-state index in [1.807, 2.05) is 47.6 Å². The Morgan fingerprint density at radius 3 is 1.53 bits per heavy atom. The van der Waals surface area contributed by atoms with Crippen LogP contribution in [0.4, 0.5) is 0 Å². The SMILES string of the molecule is C.CC.CC.CC.COC(=O)c1ccccc1. The third-order valence-electron chi connectivity index (χ3n) is 1.19. The van der Waals surface area contributed by atoms with Gasteiger partial charge in [0.15, 0.2) is 0 Å². The Morgan fingerprint density at radius 2 is 1.24 bits per heavy atom. The van der Waals surface area contributed by atoms with Gasteiger partial charge in [0, 0.05) is 0 Å². The van der Waals surface area contributed by atoms with Crippen LogP contribution >= 0.6 is 0 Å². The third kappa shape index (κ3) is 14.7. The lowest BCUT2D eigenvalue weighted by atomic mass is 10.2. The molecule has 0 bridgehead atoms. The second-order valence-electron chi connectivity index (χ2n) is 1.86. The molecule has 2 heteroatoms. The Hall–Kier alpha value is -1.31. The van der Waals surface area contributed by atoms with Gasteiger partial charge in [-0.25, -0.2) is 4.79 Å². The zero-order chi connectivity index (χ0) is 13.4. The van der Waals surface area contributed by atoms with Crippen molar-refractivity contribution >= 4 is 5.97 Å². The maximum atomic E-state index is 10.8. The summed E-state index contributed by atoms with van der Waals surface area (Å²) in [5, 5.41) is 0. The van der Waals surface area contributed by atoms with Crippen LogP contribution in [0.1, 0.15) is 59.3 Å². The topological polar surface area (TPSA) is 26.3 Å². The second-order valence-corrected chi connectivity index (χ2v) is 1.86. The molecule has 0 unspecified atom stereocenters. The van der Waals surface area contributed by atoms with E-state index in [0.717, 1.165) is 0 Å². The molecule has 1 aromatic carbocycles. The van der Waals surface area contributed by atoms with E-state index in [2.05, 4.69) is 4.74 Å². The van der Waals surface area contributed by atoms with E-state index in [9.17, 15) is 4.79 Å². The van der Waals surface area contributed by atoms with E-state index in [0.29, 0.717) is 5.56 Å². The van der Waals surface area contributed by atoms with Crippen LogP contribution in [0.15, 0.2) is 30.3 Å². The molecule has 2 nitrogen and oxygen atoms in total. The fourth-order valence-corrected chi connectivity index (χ4v) is 0.692. The molecule has 1 rings (SSSR count). The predicted molar refractivity (Wildman–Crippen MR) is 78.6 cm³/mol. The molecule has 0 aromatic heterocycles. The Kier molecular flexibility index (Phi) is 35.1. The number of esters is 1. The highest BCUT2D eigenvalue weighted by molar-refractivity contribution is 5.89. The van der Waals surface area contributed by atoms with E-state index >= 15 is 0 Å². The van der Waals surface area contributed by atoms with E-state index in [1.165, 1.54) is 7.11 Å². The maximum Gasteiger partial charge on any atom is 0.337 e. The van der Waals surface area contributed by atoms with Gasteiger partial charge in [-0.2, -0.15) is 0 Å². The fourth-order valence-electron chi connectivity index (χ4n) is 0.692. The van der Waals surface area contributed by atoms with Crippen molar-refractivity contribution in [1.29, 1.82) is 0 Å². The number of hydrogen-bond acceptors (Lipinski definition) is 2. The quantitative estimate of drug-likeness (QED) is 0.634. The molecule has 0 saturated carbocycles. The molecular formula is C15H30O2. The molecule has 0 aliphatic heterocycles. The van der Waals surface area contributed by atoms with Crippen LogP contribution in [0.25, 0.3) is 0 Å². The Morgan fingerprint density at radius 1 is 0.882 bits per heavy atom. The van der Waals surface area contributed by atoms with Crippen molar-refractivity contribution in [3.63, 3.8) is 0 Å². The van der Waals surface area contributed by atoms with Gasteiger partial charge in [0.25, 0.3) is 0 Å². The van der Waals surface area contributed by atoms with Gasteiger partial charge in [-0.3, -0.25) is 0 Å². The molecule has 0 radical (unpaired) electrons. The van der Waals surface area contributed by atoms with Gasteiger partial charge >= 0.3 is 5.97 Å². The van der Waals surface area contributed by atoms with Crippen molar-refractivity contribution < 1.29 is 9.53 Å². The van der Waals surface area contributed by atoms with E-state index in [1.54, 1.807) is 24.3 Å². The molecule has 0 spiro atoms. The van der Waals surface area contributed by atoms with Crippen LogP contribution in [-0.4, -0.2) is 13.1 Å². The van der Waals surface area contributed by atoms with E-state index < -0.39 is 0 Å². The minimum atomic E-state index is -0.291. The lowest BCUT2D eigenvalue weighted by Crippen LogP contribution is -1.99. The first-order valence-electron chi connectivity index (χ1n) is 5.98. The summed E-state index contributed by atoms with van der Waals surface area (Å²) in [6.07, 6.45) is 0. The van der Waals surface area contributed by atoms with Crippen LogP contribution < -0.4 is 0 Å². The number of carbonyl (C=O) groups is 1. The minimum Gasteiger partial charge on any atom is -0.465 e. The van der Waals surface area contributed by atoms with E-state index in [-0.39, 0.29) is 13.4 Å². The molecule has 1 aromatic rings. The van der Waals surface area contributed by atoms with Crippen molar-refractivity contribution in [3.8, 4) is 0 Å². The van der Waals surface area contributed by atoms with Gasteiger partial charge < -0.3 is 4.74 Å². The summed E-state index contributed by atoms with van der Waals surface area (Å²) in [6, 6.07) is 8.88. The second kappa shape index (κ2) is 24.1. The van der Waals surface area contributed by atoms with Crippen LogP contribution in [-0.2, 0) is 4.74 Å². The average molecular weight is 242 g/mol. The summed E-state index contributed by atoms with van der Waals surface area (Å²) < 4.78 is 4.50. The Bertz CT molecular complexity index is 218. The minimum absolute atomic E-state index is 0. The highest BCUT2D eigenvalue weighted by Gasteiger charge is 2.00. The number of ether oxygens (including phenoxy) is 1. The molecule has 0 aliphatic carbocycles. The first-order chi connectivity index (χ1) is 7.84. The molecule has 0 N–H and O–H groups in total. The normalized spacial score (nSPS) is 6.29. The standard InChI is InChI=1S/C8H8O2.3C2H6.CH4/c1-10-8(9)7-5-3-2-4-6-7;3*1-2;/h2-6H,1H3;3*1-2H3;1H4. The van der Waals surface area contributed by atoms with Crippen LogP contribution in [0, 0.1) is 0 Å². The predicted octanol–water partition coefficient (Wildman–Crippen LogP) is 5.19. The molecule has 0 heterocycles. The monoisotopic (exact) mass is 242 g/mol. The highest BCUT2D eigenvalue weighted by Crippen LogP contribution is 1.98. The number of hydrogen-bond donors (Lipinski definition) is 0. The van der Waals surface area contributed by atoms with Crippen LogP contribution in [0.2, 0.25) is 0 Å². The lowest BCUT2D eigenvalue weighted by Gasteiger charge is -1.95. The smallest absolute Gasteiger partial charge is 0.337 e. The van der Waals surface area contributed by atoms with Crippen molar-refractivity contribution in [2.75, 3.05) is 7.11 Å². The van der Waals surface area contributed by atoms with Gasteiger partial charge in [0.05, 0.1) is 12.7 Å². The van der Waals surface area contributed by atoms with Gasteiger partial charge in [-0.15, -0.1) is 0 Å². The van der Waals surface area contributed by atoms with Crippen molar-refractivity contribution in [3.05, 3.63) is 35.9 Å². The Labute approximate surface area is 108 Å². The molecular weight excluding hydrogens is 212 g/mol. The van der Waals surface area contributed by atoms with Gasteiger partial charge in [0.2, 0.25) is 0 Å². The summed E-state index contributed by atoms with van der Waals surface area (Å²) in [6.45, 7) is 12.0. The fraction of sp³-hybridized carbons (Fsp3) is 0.533. The van der Waals surface area contributed by atoms with Crippen molar-refractivity contribution in [2.24, 2.45) is 0 Å². The highest BCUT2D eigenvalue weighted by atomic mass is 16.5. The average Bonchev–Trinajstić information content (AvgIpc) is 2.45. The summed E-state index contributed by atoms with van der Waals surface area (Å²) in [5.74, 6) is -0.291. The molecule has 17 heavy (non-hydrogen) atoms. The molecule has 0 amide bonds. The van der Waals surface area contributed by atoms with Crippen molar-refractivity contribution in [1.82, 2.24) is 0 Å².